The lowest BCUT2D eigenvalue weighted by atomic mass is 10.1. The number of nitrogens with two attached hydrogens (primary N) is 1. The lowest BCUT2D eigenvalue weighted by Crippen LogP contribution is -2.15. The van der Waals surface area contributed by atoms with Gasteiger partial charge < -0.3 is 5.73 Å². The van der Waals surface area contributed by atoms with Crippen molar-refractivity contribution in [3.63, 3.8) is 0 Å². The highest BCUT2D eigenvalue weighted by Crippen LogP contribution is 2.39. The van der Waals surface area contributed by atoms with Gasteiger partial charge in [0, 0.05) is 5.69 Å². The summed E-state index contributed by atoms with van der Waals surface area (Å²) in [6.07, 6.45) is -10.7. The molecule has 0 aliphatic carbocycles. The molecule has 0 amide bonds. The summed E-state index contributed by atoms with van der Waals surface area (Å²) in [6.45, 7) is 0. The van der Waals surface area contributed by atoms with E-state index in [1.54, 1.807) is 0 Å². The zero-order valence-electron chi connectivity index (χ0n) is 12.2. The first-order chi connectivity index (χ1) is 11.6. The minimum absolute atomic E-state index is 0.139. The van der Waals surface area contributed by atoms with Crippen LogP contribution >= 0.6 is 0 Å². The van der Waals surface area contributed by atoms with Crippen LogP contribution in [-0.4, -0.2) is 8.42 Å². The highest BCUT2D eigenvalue weighted by Gasteiger charge is 2.39. The summed E-state index contributed by atoms with van der Waals surface area (Å²) < 4.78 is 129. The molecule has 0 heterocycles. The molecule has 0 aliphatic rings. The van der Waals surface area contributed by atoms with Crippen LogP contribution in [-0.2, 0) is 22.2 Å². The lowest BCUT2D eigenvalue weighted by Gasteiger charge is -2.15. The van der Waals surface area contributed by atoms with Crippen LogP contribution in [0.1, 0.15) is 11.1 Å². The molecule has 0 saturated carbocycles. The van der Waals surface area contributed by atoms with Crippen molar-refractivity contribution >= 4 is 15.5 Å². The molecule has 0 saturated heterocycles. The van der Waals surface area contributed by atoms with Gasteiger partial charge in [0.15, 0.2) is 0 Å². The Morgan fingerprint density at radius 1 is 0.731 bits per heavy atom. The van der Waals surface area contributed by atoms with Gasteiger partial charge in [-0.1, -0.05) is 0 Å². The summed E-state index contributed by atoms with van der Waals surface area (Å²) >= 11 is 0. The van der Waals surface area contributed by atoms with Crippen molar-refractivity contribution in [1.29, 1.82) is 0 Å². The van der Waals surface area contributed by atoms with Gasteiger partial charge in [-0.3, -0.25) is 0 Å². The van der Waals surface area contributed by atoms with Crippen LogP contribution in [0, 0.1) is 11.6 Å². The average Bonchev–Trinajstić information content (AvgIpc) is 2.43. The molecular weight excluding hydrogens is 398 g/mol. The Morgan fingerprint density at radius 3 is 1.46 bits per heavy atom. The molecule has 0 aliphatic heterocycles. The van der Waals surface area contributed by atoms with Crippen LogP contribution in [0.4, 0.5) is 40.8 Å². The molecule has 2 N–H and O–H groups in total. The molecule has 0 aromatic heterocycles. The van der Waals surface area contributed by atoms with Crippen molar-refractivity contribution in [3.05, 3.63) is 53.1 Å². The van der Waals surface area contributed by atoms with Crippen molar-refractivity contribution in [1.82, 2.24) is 0 Å². The summed E-state index contributed by atoms with van der Waals surface area (Å²) in [6, 6.07) is 0.150. The smallest absolute Gasteiger partial charge is 0.399 e. The van der Waals surface area contributed by atoms with E-state index in [0.29, 0.717) is 12.1 Å². The van der Waals surface area contributed by atoms with Gasteiger partial charge in [-0.25, -0.2) is 17.2 Å². The zero-order valence-corrected chi connectivity index (χ0v) is 13.0. The second-order valence-electron chi connectivity index (χ2n) is 5.06. The van der Waals surface area contributed by atoms with Gasteiger partial charge in [0.2, 0.25) is 9.84 Å². The molecule has 0 spiro atoms. The van der Waals surface area contributed by atoms with Crippen LogP contribution in [0.3, 0.4) is 0 Å². The van der Waals surface area contributed by atoms with Crippen LogP contribution in [0.2, 0.25) is 0 Å². The summed E-state index contributed by atoms with van der Waals surface area (Å²) in [4.78, 5) is -3.28. The van der Waals surface area contributed by atoms with Crippen molar-refractivity contribution in [2.24, 2.45) is 0 Å². The van der Waals surface area contributed by atoms with Gasteiger partial charge in [0.1, 0.15) is 16.5 Å². The number of alkyl halides is 6. The quantitative estimate of drug-likeness (QED) is 0.595. The predicted molar refractivity (Wildman–Crippen MR) is 72.7 cm³/mol. The Hall–Kier alpha value is -2.37. The van der Waals surface area contributed by atoms with Crippen LogP contribution in [0.15, 0.2) is 40.1 Å². The standard InChI is InChI=1S/C14H7F8NO2S/c15-10-4-8(23)5-11(16)12(10)26(24,25)9-2-6(13(17,18)19)1-7(3-9)14(20,21)22/h1-5H,23H2. The topological polar surface area (TPSA) is 60.2 Å². The third-order valence-electron chi connectivity index (χ3n) is 3.16. The lowest BCUT2D eigenvalue weighted by molar-refractivity contribution is -0.143. The Bertz CT molecular complexity index is 909. The largest absolute Gasteiger partial charge is 0.416 e. The Labute approximate surface area is 141 Å². The molecule has 12 heteroatoms. The summed E-state index contributed by atoms with van der Waals surface area (Å²) in [5.41, 5.74) is 0.687. The molecule has 3 nitrogen and oxygen atoms in total. The second-order valence-corrected chi connectivity index (χ2v) is 6.95. The van der Waals surface area contributed by atoms with Crippen molar-refractivity contribution in [2.75, 3.05) is 5.73 Å². The van der Waals surface area contributed by atoms with Crippen LogP contribution in [0.25, 0.3) is 0 Å². The number of anilines is 1. The minimum Gasteiger partial charge on any atom is -0.399 e. The molecule has 0 fully saturated rings. The highest BCUT2D eigenvalue weighted by atomic mass is 32.2. The molecule has 0 bridgehead atoms. The third kappa shape index (κ3) is 3.74. The maximum absolute atomic E-state index is 13.8. The van der Waals surface area contributed by atoms with Crippen molar-refractivity contribution in [2.45, 2.75) is 22.1 Å². The van der Waals surface area contributed by atoms with Gasteiger partial charge >= 0.3 is 12.4 Å². The Balaban J connectivity index is 2.83. The third-order valence-corrected chi connectivity index (χ3v) is 4.94. The van der Waals surface area contributed by atoms with E-state index >= 15 is 0 Å². The number of rotatable bonds is 2. The first kappa shape index (κ1) is 19.9. The monoisotopic (exact) mass is 405 g/mol. The van der Waals surface area contributed by atoms with Gasteiger partial charge in [-0.15, -0.1) is 0 Å². The number of benzene rings is 2. The fourth-order valence-corrected chi connectivity index (χ4v) is 3.47. The molecule has 2 aromatic rings. The van der Waals surface area contributed by atoms with Gasteiger partial charge in [0.05, 0.1) is 16.0 Å². The zero-order chi connectivity index (χ0) is 20.1. The van der Waals surface area contributed by atoms with Crippen LogP contribution in [0.5, 0.6) is 0 Å². The maximum Gasteiger partial charge on any atom is 0.416 e. The highest BCUT2D eigenvalue weighted by molar-refractivity contribution is 7.91. The van der Waals surface area contributed by atoms with E-state index in [0.717, 1.165) is 0 Å². The van der Waals surface area contributed by atoms with E-state index in [1.807, 2.05) is 0 Å². The van der Waals surface area contributed by atoms with E-state index in [2.05, 4.69) is 0 Å². The average molecular weight is 405 g/mol. The van der Waals surface area contributed by atoms with Crippen LogP contribution < -0.4 is 5.73 Å². The molecule has 0 atom stereocenters. The number of halogens is 8. The van der Waals surface area contributed by atoms with Crippen molar-refractivity contribution in [3.8, 4) is 0 Å². The Morgan fingerprint density at radius 2 is 1.12 bits per heavy atom. The normalized spacial score (nSPS) is 13.1. The van der Waals surface area contributed by atoms with Gasteiger partial charge in [0.25, 0.3) is 0 Å². The fourth-order valence-electron chi connectivity index (χ4n) is 2.04. The molecule has 2 aromatic carbocycles. The van der Waals surface area contributed by atoms with Gasteiger partial charge in [-0.2, -0.15) is 26.3 Å². The summed E-state index contributed by atoms with van der Waals surface area (Å²) in [5.74, 6) is -3.51. The Kier molecular flexibility index (Phi) is 4.69. The predicted octanol–water partition coefficient (Wildman–Crippen LogP) is 4.42. The molecule has 0 unspecified atom stereocenters. The number of hydrogen-bond acceptors (Lipinski definition) is 3. The van der Waals surface area contributed by atoms with E-state index in [9.17, 15) is 43.5 Å². The fraction of sp³-hybridized carbons (Fsp3) is 0.143. The molecule has 26 heavy (non-hydrogen) atoms. The molecular formula is C14H7F8NO2S. The summed E-state index contributed by atoms with van der Waals surface area (Å²) in [7, 11) is -5.39. The van der Waals surface area contributed by atoms with E-state index < -0.39 is 60.4 Å². The second kappa shape index (κ2) is 6.11. The number of hydrogen-bond donors (Lipinski definition) is 1. The summed E-state index contributed by atoms with van der Waals surface area (Å²) in [5, 5.41) is 0. The number of nitrogen functional groups attached to an aromatic ring is 1. The minimum atomic E-state index is -5.39. The molecule has 142 valence electrons. The molecule has 2 rings (SSSR count). The SMILES string of the molecule is Nc1cc(F)c(S(=O)(=O)c2cc(C(F)(F)F)cc(C(F)(F)F)c2)c(F)c1. The maximum atomic E-state index is 13.8. The van der Waals surface area contributed by atoms with E-state index in [-0.39, 0.29) is 18.2 Å². The molecule has 0 radical (unpaired) electrons. The van der Waals surface area contributed by atoms with Gasteiger partial charge in [-0.05, 0) is 30.3 Å². The first-order valence-corrected chi connectivity index (χ1v) is 7.91. The van der Waals surface area contributed by atoms with Crippen molar-refractivity contribution < 1.29 is 43.5 Å². The first-order valence-electron chi connectivity index (χ1n) is 6.43. The number of sulfone groups is 1. The van der Waals surface area contributed by atoms with E-state index in [4.69, 9.17) is 5.73 Å². The van der Waals surface area contributed by atoms with E-state index in [1.165, 1.54) is 0 Å².